The molecule has 0 atom stereocenters. The van der Waals surface area contributed by atoms with Crippen LogP contribution in [-0.2, 0) is 9.59 Å². The number of carbonyl (C=O) groups excluding carboxylic acids is 1. The lowest BCUT2D eigenvalue weighted by atomic mass is 9.88. The van der Waals surface area contributed by atoms with Gasteiger partial charge in [0.1, 0.15) is 0 Å². The molecule has 5 heteroatoms. The minimum atomic E-state index is -1.07. The van der Waals surface area contributed by atoms with E-state index < -0.39 is 16.9 Å². The molecule has 1 aliphatic carbocycles. The van der Waals surface area contributed by atoms with Gasteiger partial charge in [-0.1, -0.05) is 12.8 Å². The lowest BCUT2D eigenvalue weighted by molar-refractivity contribution is -0.149. The number of nitrogens with one attached hydrogen (secondary N) is 1. The average Bonchev–Trinajstić information content (AvgIpc) is 2.65. The van der Waals surface area contributed by atoms with E-state index in [9.17, 15) is 14.7 Å². The van der Waals surface area contributed by atoms with Crippen molar-refractivity contribution in [3.8, 4) is 0 Å². The highest BCUT2D eigenvalue weighted by Crippen LogP contribution is 2.30. The van der Waals surface area contributed by atoms with E-state index >= 15 is 0 Å². The number of carboxylic acids is 1. The summed E-state index contributed by atoms with van der Waals surface area (Å²) < 4.78 is 0. The molecule has 0 aromatic rings. The van der Waals surface area contributed by atoms with Crippen LogP contribution in [0.25, 0.3) is 0 Å². The summed E-state index contributed by atoms with van der Waals surface area (Å²) in [6, 6.07) is 0. The lowest BCUT2D eigenvalue weighted by Gasteiger charge is -2.29. The number of rotatable bonds is 5. The van der Waals surface area contributed by atoms with Gasteiger partial charge in [-0.2, -0.15) is 0 Å². The summed E-state index contributed by atoms with van der Waals surface area (Å²) in [5.74, 6) is -1.29. The number of carbonyl (C=O) groups is 2. The van der Waals surface area contributed by atoms with Gasteiger partial charge in [-0.15, -0.1) is 0 Å². The summed E-state index contributed by atoms with van der Waals surface area (Å²) >= 11 is 0. The zero-order chi connectivity index (χ0) is 13.1. The first-order valence-electron chi connectivity index (χ1n) is 5.97. The maximum Gasteiger partial charge on any atom is 0.309 e. The van der Waals surface area contributed by atoms with Gasteiger partial charge in [0, 0.05) is 6.42 Å². The lowest BCUT2D eigenvalue weighted by Crippen LogP contribution is -2.50. The molecular weight excluding hydrogens is 222 g/mol. The standard InChI is InChI=1S/C12H21NO4/c1-11(2,10(16)17)7-9(15)13-12(8-14)5-3-4-6-12/h14H,3-8H2,1-2H3,(H,13,15)(H,16,17). The molecule has 1 saturated carbocycles. The van der Waals surface area contributed by atoms with E-state index in [0.29, 0.717) is 0 Å². The minimum Gasteiger partial charge on any atom is -0.481 e. The van der Waals surface area contributed by atoms with Crippen molar-refractivity contribution in [1.82, 2.24) is 5.32 Å². The van der Waals surface area contributed by atoms with Gasteiger partial charge < -0.3 is 15.5 Å². The van der Waals surface area contributed by atoms with Crippen molar-refractivity contribution in [2.75, 3.05) is 6.61 Å². The molecule has 1 amide bonds. The third kappa shape index (κ3) is 3.43. The fourth-order valence-corrected chi connectivity index (χ4v) is 2.19. The zero-order valence-electron chi connectivity index (χ0n) is 10.5. The van der Waals surface area contributed by atoms with Crippen molar-refractivity contribution in [2.24, 2.45) is 5.41 Å². The molecule has 0 bridgehead atoms. The summed E-state index contributed by atoms with van der Waals surface area (Å²) in [5.41, 5.74) is -1.59. The molecule has 0 unspecified atom stereocenters. The Hall–Kier alpha value is -1.10. The van der Waals surface area contributed by atoms with E-state index in [2.05, 4.69) is 5.32 Å². The van der Waals surface area contributed by atoms with Crippen LogP contribution in [0, 0.1) is 5.41 Å². The van der Waals surface area contributed by atoms with Crippen LogP contribution in [0.4, 0.5) is 0 Å². The van der Waals surface area contributed by atoms with Gasteiger partial charge in [0.25, 0.3) is 0 Å². The number of aliphatic carboxylic acids is 1. The summed E-state index contributed by atoms with van der Waals surface area (Å²) in [7, 11) is 0. The van der Waals surface area contributed by atoms with E-state index in [4.69, 9.17) is 5.11 Å². The molecule has 0 aromatic carbocycles. The first-order chi connectivity index (χ1) is 7.81. The predicted molar refractivity (Wildman–Crippen MR) is 62.5 cm³/mol. The Bertz CT molecular complexity index is 306. The Labute approximate surface area is 101 Å². The van der Waals surface area contributed by atoms with E-state index in [1.165, 1.54) is 13.8 Å². The fourth-order valence-electron chi connectivity index (χ4n) is 2.19. The molecule has 0 spiro atoms. The Morgan fingerprint density at radius 2 is 1.82 bits per heavy atom. The molecule has 1 aliphatic rings. The SMILES string of the molecule is CC(C)(CC(=O)NC1(CO)CCCC1)C(=O)O. The van der Waals surface area contributed by atoms with Gasteiger partial charge >= 0.3 is 5.97 Å². The van der Waals surface area contributed by atoms with Crippen molar-refractivity contribution in [2.45, 2.75) is 51.5 Å². The van der Waals surface area contributed by atoms with Gasteiger partial charge in [-0.25, -0.2) is 0 Å². The topological polar surface area (TPSA) is 86.6 Å². The van der Waals surface area contributed by atoms with Crippen LogP contribution < -0.4 is 5.32 Å². The highest BCUT2D eigenvalue weighted by Gasteiger charge is 2.37. The third-order valence-electron chi connectivity index (χ3n) is 3.45. The molecule has 17 heavy (non-hydrogen) atoms. The van der Waals surface area contributed by atoms with Crippen molar-refractivity contribution < 1.29 is 19.8 Å². The number of aliphatic hydroxyl groups is 1. The minimum absolute atomic E-state index is 0.0654. The Morgan fingerprint density at radius 1 is 1.29 bits per heavy atom. The summed E-state index contributed by atoms with van der Waals surface area (Å²) in [5, 5.41) is 21.1. The van der Waals surface area contributed by atoms with Gasteiger partial charge in [-0.3, -0.25) is 9.59 Å². The molecule has 3 N–H and O–H groups in total. The van der Waals surface area contributed by atoms with Crippen molar-refractivity contribution in [3.63, 3.8) is 0 Å². The number of hydrogen-bond donors (Lipinski definition) is 3. The highest BCUT2D eigenvalue weighted by atomic mass is 16.4. The van der Waals surface area contributed by atoms with Crippen LogP contribution in [0.5, 0.6) is 0 Å². The van der Waals surface area contributed by atoms with Crippen LogP contribution in [0.15, 0.2) is 0 Å². The van der Waals surface area contributed by atoms with Crippen molar-refractivity contribution >= 4 is 11.9 Å². The molecule has 1 rings (SSSR count). The second-order valence-electron chi connectivity index (χ2n) is 5.56. The molecular formula is C12H21NO4. The highest BCUT2D eigenvalue weighted by molar-refractivity contribution is 5.84. The average molecular weight is 243 g/mol. The smallest absolute Gasteiger partial charge is 0.309 e. The number of hydrogen-bond acceptors (Lipinski definition) is 3. The molecule has 5 nitrogen and oxygen atoms in total. The van der Waals surface area contributed by atoms with E-state index in [1.807, 2.05) is 0 Å². The summed E-state index contributed by atoms with van der Waals surface area (Å²) in [6.07, 6.45) is 3.45. The summed E-state index contributed by atoms with van der Waals surface area (Å²) in [6.45, 7) is 2.97. The zero-order valence-corrected chi connectivity index (χ0v) is 10.5. The molecule has 0 saturated heterocycles. The number of amides is 1. The van der Waals surface area contributed by atoms with Crippen molar-refractivity contribution in [1.29, 1.82) is 0 Å². The second-order valence-corrected chi connectivity index (χ2v) is 5.56. The van der Waals surface area contributed by atoms with Crippen LogP contribution in [0.3, 0.4) is 0 Å². The fraction of sp³-hybridized carbons (Fsp3) is 0.833. The molecule has 98 valence electrons. The number of carboxylic acid groups (broad SMARTS) is 1. The van der Waals surface area contributed by atoms with Crippen LogP contribution in [0.2, 0.25) is 0 Å². The second kappa shape index (κ2) is 5.04. The van der Waals surface area contributed by atoms with Crippen LogP contribution >= 0.6 is 0 Å². The maximum absolute atomic E-state index is 11.8. The quantitative estimate of drug-likeness (QED) is 0.670. The molecule has 0 radical (unpaired) electrons. The molecule has 0 aromatic heterocycles. The maximum atomic E-state index is 11.8. The van der Waals surface area contributed by atoms with Gasteiger partial charge in [-0.05, 0) is 26.7 Å². The first-order valence-corrected chi connectivity index (χ1v) is 5.97. The predicted octanol–water partition coefficient (Wildman–Crippen LogP) is 0.909. The molecule has 1 fully saturated rings. The third-order valence-corrected chi connectivity index (χ3v) is 3.45. The van der Waals surface area contributed by atoms with Crippen LogP contribution in [-0.4, -0.2) is 34.2 Å². The Morgan fingerprint density at radius 3 is 2.24 bits per heavy atom. The number of aliphatic hydroxyl groups excluding tert-OH is 1. The largest absolute Gasteiger partial charge is 0.481 e. The first kappa shape index (κ1) is 14.0. The van der Waals surface area contributed by atoms with Crippen LogP contribution in [0.1, 0.15) is 46.0 Å². The normalized spacial score (nSPS) is 19.0. The van der Waals surface area contributed by atoms with Gasteiger partial charge in [0.2, 0.25) is 5.91 Å². The molecule has 0 aliphatic heterocycles. The van der Waals surface area contributed by atoms with E-state index in [1.54, 1.807) is 0 Å². The Kier molecular flexibility index (Phi) is 4.14. The van der Waals surface area contributed by atoms with E-state index in [0.717, 1.165) is 25.7 Å². The van der Waals surface area contributed by atoms with E-state index in [-0.39, 0.29) is 18.9 Å². The van der Waals surface area contributed by atoms with Gasteiger partial charge in [0.05, 0.1) is 17.6 Å². The van der Waals surface area contributed by atoms with Crippen molar-refractivity contribution in [3.05, 3.63) is 0 Å². The monoisotopic (exact) mass is 243 g/mol. The molecule has 0 heterocycles. The Balaban J connectivity index is 2.57. The van der Waals surface area contributed by atoms with Gasteiger partial charge in [0.15, 0.2) is 0 Å². The summed E-state index contributed by atoms with van der Waals surface area (Å²) in [4.78, 5) is 22.7.